The van der Waals surface area contributed by atoms with Gasteiger partial charge in [-0.15, -0.1) is 0 Å². The van der Waals surface area contributed by atoms with Crippen LogP contribution in [0.3, 0.4) is 0 Å². The van der Waals surface area contributed by atoms with E-state index < -0.39 is 0 Å². The Morgan fingerprint density at radius 3 is 3.00 bits per heavy atom. The molecule has 1 aliphatic heterocycles. The van der Waals surface area contributed by atoms with Crippen molar-refractivity contribution in [1.82, 2.24) is 0 Å². The summed E-state index contributed by atoms with van der Waals surface area (Å²) < 4.78 is 5.22. The SMILES string of the molecule is O=C(C1=CCCCC1)C1CCOC1. The predicted octanol–water partition coefficient (Wildman–Crippen LogP) is 2.09. The number of carbonyl (C=O) groups is 1. The normalized spacial score (nSPS) is 28.6. The molecule has 0 aromatic carbocycles. The summed E-state index contributed by atoms with van der Waals surface area (Å²) in [4.78, 5) is 11.9. The average molecular weight is 180 g/mol. The van der Waals surface area contributed by atoms with E-state index in [2.05, 4.69) is 6.08 Å². The average Bonchev–Trinajstić information content (AvgIpc) is 2.71. The Morgan fingerprint density at radius 2 is 2.38 bits per heavy atom. The smallest absolute Gasteiger partial charge is 0.164 e. The highest BCUT2D eigenvalue weighted by Crippen LogP contribution is 2.24. The molecule has 0 saturated carbocycles. The fraction of sp³-hybridized carbons (Fsp3) is 0.727. The van der Waals surface area contributed by atoms with E-state index in [1.54, 1.807) is 0 Å². The van der Waals surface area contributed by atoms with E-state index in [-0.39, 0.29) is 5.92 Å². The molecule has 1 saturated heterocycles. The molecule has 0 bridgehead atoms. The van der Waals surface area contributed by atoms with Crippen LogP contribution in [-0.4, -0.2) is 19.0 Å². The van der Waals surface area contributed by atoms with Gasteiger partial charge in [-0.2, -0.15) is 0 Å². The molecule has 13 heavy (non-hydrogen) atoms. The first kappa shape index (κ1) is 8.95. The number of hydrogen-bond donors (Lipinski definition) is 0. The van der Waals surface area contributed by atoms with Crippen LogP contribution in [0.25, 0.3) is 0 Å². The van der Waals surface area contributed by atoms with Crippen molar-refractivity contribution in [2.24, 2.45) is 5.92 Å². The van der Waals surface area contributed by atoms with Gasteiger partial charge in [0, 0.05) is 12.5 Å². The Kier molecular flexibility index (Phi) is 2.79. The second-order valence-corrected chi connectivity index (χ2v) is 3.90. The van der Waals surface area contributed by atoms with Gasteiger partial charge in [0.2, 0.25) is 0 Å². The number of ether oxygens (including phenoxy) is 1. The van der Waals surface area contributed by atoms with Crippen LogP contribution in [0.15, 0.2) is 11.6 Å². The zero-order valence-electron chi connectivity index (χ0n) is 7.92. The lowest BCUT2D eigenvalue weighted by molar-refractivity contribution is -0.119. The maximum absolute atomic E-state index is 11.9. The third-order valence-electron chi connectivity index (χ3n) is 2.91. The molecule has 1 fully saturated rings. The summed E-state index contributed by atoms with van der Waals surface area (Å²) in [5, 5.41) is 0. The standard InChI is InChI=1S/C11H16O2/c12-11(10-6-7-13-8-10)9-4-2-1-3-5-9/h4,10H,1-3,5-8H2. The molecule has 1 heterocycles. The second kappa shape index (κ2) is 4.05. The van der Waals surface area contributed by atoms with Crippen LogP contribution in [0.1, 0.15) is 32.1 Å². The molecule has 2 rings (SSSR count). The molecule has 1 aliphatic carbocycles. The minimum Gasteiger partial charge on any atom is -0.381 e. The lowest BCUT2D eigenvalue weighted by atomic mass is 9.89. The lowest BCUT2D eigenvalue weighted by Gasteiger charge is -2.14. The first-order chi connectivity index (χ1) is 6.38. The molecule has 0 spiro atoms. The minimum atomic E-state index is 0.171. The zero-order valence-corrected chi connectivity index (χ0v) is 7.92. The fourth-order valence-corrected chi connectivity index (χ4v) is 2.07. The van der Waals surface area contributed by atoms with Gasteiger partial charge in [-0.05, 0) is 37.7 Å². The van der Waals surface area contributed by atoms with E-state index in [0.717, 1.165) is 31.4 Å². The van der Waals surface area contributed by atoms with Gasteiger partial charge in [-0.3, -0.25) is 4.79 Å². The van der Waals surface area contributed by atoms with Crippen molar-refractivity contribution in [1.29, 1.82) is 0 Å². The number of carbonyl (C=O) groups excluding carboxylic acids is 1. The van der Waals surface area contributed by atoms with Crippen LogP contribution in [-0.2, 0) is 9.53 Å². The molecule has 1 unspecified atom stereocenters. The van der Waals surface area contributed by atoms with Crippen molar-refractivity contribution in [3.63, 3.8) is 0 Å². The molecule has 0 aromatic rings. The maximum atomic E-state index is 11.9. The summed E-state index contributed by atoms with van der Waals surface area (Å²) in [7, 11) is 0. The molecular weight excluding hydrogens is 164 g/mol. The van der Waals surface area contributed by atoms with Crippen molar-refractivity contribution in [3.05, 3.63) is 11.6 Å². The van der Waals surface area contributed by atoms with Gasteiger partial charge >= 0.3 is 0 Å². The zero-order chi connectivity index (χ0) is 9.10. The van der Waals surface area contributed by atoms with Gasteiger partial charge < -0.3 is 4.74 Å². The topological polar surface area (TPSA) is 26.3 Å². The Balaban J connectivity index is 1.98. The number of allylic oxidation sites excluding steroid dienone is 2. The molecule has 0 amide bonds. The van der Waals surface area contributed by atoms with Gasteiger partial charge in [-0.1, -0.05) is 6.08 Å². The van der Waals surface area contributed by atoms with E-state index in [1.165, 1.54) is 12.8 Å². The van der Waals surface area contributed by atoms with Gasteiger partial charge in [0.15, 0.2) is 5.78 Å². The Morgan fingerprint density at radius 1 is 1.46 bits per heavy atom. The van der Waals surface area contributed by atoms with Gasteiger partial charge in [0.05, 0.1) is 6.61 Å². The summed E-state index contributed by atoms with van der Waals surface area (Å²) in [6.07, 6.45) is 7.58. The van der Waals surface area contributed by atoms with Crippen molar-refractivity contribution in [3.8, 4) is 0 Å². The molecule has 0 N–H and O–H groups in total. The third-order valence-corrected chi connectivity index (χ3v) is 2.91. The van der Waals surface area contributed by atoms with Crippen LogP contribution in [0, 0.1) is 5.92 Å². The second-order valence-electron chi connectivity index (χ2n) is 3.90. The summed E-state index contributed by atoms with van der Waals surface area (Å²) in [5.74, 6) is 0.529. The molecule has 72 valence electrons. The Labute approximate surface area is 79.0 Å². The van der Waals surface area contributed by atoms with E-state index in [4.69, 9.17) is 4.74 Å². The van der Waals surface area contributed by atoms with E-state index in [9.17, 15) is 4.79 Å². The molecule has 2 aliphatic rings. The summed E-state index contributed by atoms with van der Waals surface area (Å²) in [5.41, 5.74) is 1.07. The van der Waals surface area contributed by atoms with Crippen molar-refractivity contribution < 1.29 is 9.53 Å². The Hall–Kier alpha value is -0.630. The predicted molar refractivity (Wildman–Crippen MR) is 50.5 cm³/mol. The summed E-state index contributed by atoms with van der Waals surface area (Å²) >= 11 is 0. The molecule has 0 aromatic heterocycles. The fourth-order valence-electron chi connectivity index (χ4n) is 2.07. The summed E-state index contributed by atoms with van der Waals surface area (Å²) in [6.45, 7) is 1.42. The monoisotopic (exact) mass is 180 g/mol. The molecular formula is C11H16O2. The quantitative estimate of drug-likeness (QED) is 0.650. The van der Waals surface area contributed by atoms with Crippen molar-refractivity contribution in [2.45, 2.75) is 32.1 Å². The van der Waals surface area contributed by atoms with Crippen molar-refractivity contribution in [2.75, 3.05) is 13.2 Å². The van der Waals surface area contributed by atoms with Gasteiger partial charge in [-0.25, -0.2) is 0 Å². The number of ketones is 1. The number of Topliss-reactive ketones (excluding diaryl/α,β-unsaturated/α-hetero) is 1. The summed E-state index contributed by atoms with van der Waals surface area (Å²) in [6, 6.07) is 0. The lowest BCUT2D eigenvalue weighted by Crippen LogP contribution is -2.17. The maximum Gasteiger partial charge on any atom is 0.164 e. The van der Waals surface area contributed by atoms with E-state index in [0.29, 0.717) is 12.4 Å². The van der Waals surface area contributed by atoms with Crippen LogP contribution in [0.4, 0.5) is 0 Å². The van der Waals surface area contributed by atoms with Gasteiger partial charge in [0.1, 0.15) is 0 Å². The highest BCUT2D eigenvalue weighted by atomic mass is 16.5. The highest BCUT2D eigenvalue weighted by Gasteiger charge is 2.26. The molecule has 1 atom stereocenters. The molecule has 2 heteroatoms. The van der Waals surface area contributed by atoms with Crippen molar-refractivity contribution >= 4 is 5.78 Å². The van der Waals surface area contributed by atoms with Crippen LogP contribution in [0.5, 0.6) is 0 Å². The highest BCUT2D eigenvalue weighted by molar-refractivity contribution is 5.97. The van der Waals surface area contributed by atoms with Crippen LogP contribution in [0.2, 0.25) is 0 Å². The number of rotatable bonds is 2. The molecule has 2 nitrogen and oxygen atoms in total. The minimum absolute atomic E-state index is 0.171. The first-order valence-electron chi connectivity index (χ1n) is 5.19. The van der Waals surface area contributed by atoms with Crippen LogP contribution < -0.4 is 0 Å². The largest absolute Gasteiger partial charge is 0.381 e. The number of hydrogen-bond acceptors (Lipinski definition) is 2. The third kappa shape index (κ3) is 1.99. The van der Waals surface area contributed by atoms with E-state index >= 15 is 0 Å². The molecule has 0 radical (unpaired) electrons. The Bertz CT molecular complexity index is 224. The van der Waals surface area contributed by atoms with Gasteiger partial charge in [0.25, 0.3) is 0 Å². The van der Waals surface area contributed by atoms with Crippen LogP contribution >= 0.6 is 0 Å². The van der Waals surface area contributed by atoms with E-state index in [1.807, 2.05) is 0 Å². The first-order valence-corrected chi connectivity index (χ1v) is 5.19.